The Morgan fingerprint density at radius 2 is 1.06 bits per heavy atom. The van der Waals surface area contributed by atoms with Gasteiger partial charge in [0.05, 0.1) is 28.6 Å². The summed E-state index contributed by atoms with van der Waals surface area (Å²) in [6.07, 6.45) is -2.54. The largest absolute Gasteiger partial charge is 0.353 e. The second-order valence-corrected chi connectivity index (χ2v) is 16.0. The molecule has 9 rings (SSSR count). The third-order valence-electron chi connectivity index (χ3n) is 9.13. The fourth-order valence-electron chi connectivity index (χ4n) is 7.01. The van der Waals surface area contributed by atoms with Gasteiger partial charge in [0.25, 0.3) is 0 Å². The highest BCUT2D eigenvalue weighted by Crippen LogP contribution is 2.60. The van der Waals surface area contributed by atoms with Crippen LogP contribution in [0, 0.1) is 0 Å². The van der Waals surface area contributed by atoms with Gasteiger partial charge in [-0.3, -0.25) is 0 Å². The quantitative estimate of drug-likeness (QED) is 0.194. The van der Waals surface area contributed by atoms with E-state index in [1.807, 2.05) is 0 Å². The summed E-state index contributed by atoms with van der Waals surface area (Å²) >= 11 is 6.90. The van der Waals surface area contributed by atoms with Crippen molar-refractivity contribution in [2.24, 2.45) is 0 Å². The summed E-state index contributed by atoms with van der Waals surface area (Å²) in [6, 6.07) is 62.7. The average molecular weight is 640 g/mol. The lowest BCUT2D eigenvalue weighted by molar-refractivity contribution is 1.18. The summed E-state index contributed by atoms with van der Waals surface area (Å²) in [4.78, 5) is 0. The van der Waals surface area contributed by atoms with E-state index >= 15 is 0 Å². The van der Waals surface area contributed by atoms with Crippen LogP contribution in [0.3, 0.4) is 0 Å². The number of anilines is 4. The molecule has 1 aromatic heterocycles. The Hall–Kier alpha value is -5.41. The maximum Gasteiger partial charge on any atom is 0.0994 e. The van der Waals surface area contributed by atoms with Gasteiger partial charge in [0, 0.05) is 38.4 Å². The van der Waals surface area contributed by atoms with Crippen molar-refractivity contribution in [1.82, 2.24) is 4.57 Å². The van der Waals surface area contributed by atoms with Crippen LogP contribution < -0.4 is 20.6 Å². The van der Waals surface area contributed by atoms with Crippen molar-refractivity contribution in [3.8, 4) is 16.8 Å². The van der Waals surface area contributed by atoms with E-state index in [2.05, 4.69) is 190 Å². The fourth-order valence-corrected chi connectivity index (χ4v) is 11.4. The molecule has 1 N–H and O–H groups in total. The fraction of sp³-hybridized carbons (Fsp3) is 0. The van der Waals surface area contributed by atoms with Crippen LogP contribution in [-0.2, 0) is 11.8 Å². The van der Waals surface area contributed by atoms with Gasteiger partial charge in [0.1, 0.15) is 0 Å². The molecule has 1 atom stereocenters. The Labute approximate surface area is 279 Å². The molecule has 0 saturated heterocycles. The Bertz CT molecular complexity index is 2470. The van der Waals surface area contributed by atoms with Gasteiger partial charge in [-0.05, 0) is 77.9 Å². The normalized spacial score (nSPS) is 15.5. The number of nitrogens with zero attached hydrogens (tertiary/aromatic N) is 2. The molecule has 5 heteroatoms. The third kappa shape index (κ3) is 4.45. The molecule has 1 aliphatic rings. The van der Waals surface area contributed by atoms with Gasteiger partial charge in [0.2, 0.25) is 0 Å². The van der Waals surface area contributed by atoms with Crippen LogP contribution in [0.2, 0.25) is 0 Å². The molecule has 3 nitrogen and oxygen atoms in total. The van der Waals surface area contributed by atoms with E-state index in [1.165, 1.54) is 27.4 Å². The van der Waals surface area contributed by atoms with E-state index in [4.69, 9.17) is 11.8 Å². The minimum absolute atomic E-state index is 1.04. The highest BCUT2D eigenvalue weighted by atomic mass is 32.4. The molecule has 1 unspecified atom stereocenters. The lowest BCUT2D eigenvalue weighted by Crippen LogP contribution is -2.28. The maximum atomic E-state index is 6.90. The zero-order chi connectivity index (χ0) is 31.4. The SMILES string of the molecule is S=P1(c2ccccc2)c2ccccc2Nc2cc(-c3ccc4c(c3)c3ccccc3n4-c3ccccc3)ccc2N1c1ccccc1. The molecule has 0 aliphatic carbocycles. The predicted octanol–water partition coefficient (Wildman–Crippen LogP) is 10.7. The number of fused-ring (bicyclic) bond motifs is 5. The van der Waals surface area contributed by atoms with E-state index < -0.39 is 6.19 Å². The summed E-state index contributed by atoms with van der Waals surface area (Å²) in [6.45, 7) is 0. The molecule has 47 heavy (non-hydrogen) atoms. The number of nitrogens with one attached hydrogen (secondary N) is 1. The molecule has 2 heterocycles. The molecule has 224 valence electrons. The number of aromatic nitrogens is 1. The van der Waals surface area contributed by atoms with Crippen LogP contribution in [0.15, 0.2) is 176 Å². The van der Waals surface area contributed by atoms with Crippen LogP contribution in [0.25, 0.3) is 38.6 Å². The molecule has 8 aromatic rings. The molecule has 0 spiro atoms. The summed E-state index contributed by atoms with van der Waals surface area (Å²) < 4.78 is 4.78. The molecule has 0 saturated carbocycles. The number of para-hydroxylation sites is 4. The van der Waals surface area contributed by atoms with Gasteiger partial charge < -0.3 is 14.6 Å². The molecule has 0 bridgehead atoms. The van der Waals surface area contributed by atoms with Crippen LogP contribution in [-0.4, -0.2) is 4.57 Å². The van der Waals surface area contributed by atoms with Crippen molar-refractivity contribution in [2.75, 3.05) is 9.99 Å². The molecule has 0 radical (unpaired) electrons. The molecule has 0 amide bonds. The molecule has 0 fully saturated rings. The first-order valence-corrected chi connectivity index (χ1v) is 18.6. The Morgan fingerprint density at radius 1 is 0.468 bits per heavy atom. The van der Waals surface area contributed by atoms with Crippen molar-refractivity contribution in [2.45, 2.75) is 0 Å². The topological polar surface area (TPSA) is 20.2 Å². The van der Waals surface area contributed by atoms with Gasteiger partial charge >= 0.3 is 0 Å². The minimum Gasteiger partial charge on any atom is -0.353 e. The molecular weight excluding hydrogens is 610 g/mol. The van der Waals surface area contributed by atoms with Crippen molar-refractivity contribution < 1.29 is 0 Å². The Kier molecular flexibility index (Phi) is 6.60. The highest BCUT2D eigenvalue weighted by molar-refractivity contribution is 8.22. The molecule has 7 aromatic carbocycles. The number of hydrogen-bond acceptors (Lipinski definition) is 2. The zero-order valence-electron chi connectivity index (χ0n) is 25.5. The van der Waals surface area contributed by atoms with Crippen LogP contribution in [0.5, 0.6) is 0 Å². The molecule has 1 aliphatic heterocycles. The van der Waals surface area contributed by atoms with E-state index in [9.17, 15) is 0 Å². The average Bonchev–Trinajstić information content (AvgIpc) is 3.41. The van der Waals surface area contributed by atoms with Crippen molar-refractivity contribution in [3.63, 3.8) is 0 Å². The predicted molar refractivity (Wildman–Crippen MR) is 205 cm³/mol. The summed E-state index contributed by atoms with van der Waals surface area (Å²) in [5.74, 6) is 0. The minimum atomic E-state index is -2.54. The van der Waals surface area contributed by atoms with Crippen molar-refractivity contribution in [3.05, 3.63) is 176 Å². The van der Waals surface area contributed by atoms with Crippen LogP contribution in [0.4, 0.5) is 22.7 Å². The van der Waals surface area contributed by atoms with Gasteiger partial charge in [0.15, 0.2) is 0 Å². The van der Waals surface area contributed by atoms with Gasteiger partial charge in [-0.25, -0.2) is 0 Å². The lowest BCUT2D eigenvalue weighted by atomic mass is 10.0. The number of benzene rings is 7. The Balaban J connectivity index is 1.26. The van der Waals surface area contributed by atoms with Crippen molar-refractivity contribution in [1.29, 1.82) is 0 Å². The maximum absolute atomic E-state index is 6.90. The standard InChI is InChI=1S/C42H30N3PS/c47-46(34-18-8-3-9-19-34)42-23-13-11-21-37(42)43-38-29-31(25-27-41(38)45(46)33-16-6-2-7-17-33)30-24-26-40-36(28-30)35-20-10-12-22-39(35)44(40)32-14-4-1-5-15-32/h1-29,43H. The Morgan fingerprint density at radius 3 is 1.85 bits per heavy atom. The summed E-state index contributed by atoms with van der Waals surface area (Å²) in [5.41, 5.74) is 10.1. The monoisotopic (exact) mass is 639 g/mol. The summed E-state index contributed by atoms with van der Waals surface area (Å²) in [7, 11) is 0. The second-order valence-electron chi connectivity index (χ2n) is 11.9. The van der Waals surface area contributed by atoms with Gasteiger partial charge in [-0.15, -0.1) is 0 Å². The molecular formula is C42H30N3PS. The van der Waals surface area contributed by atoms with Crippen LogP contribution >= 0.6 is 6.19 Å². The highest BCUT2D eigenvalue weighted by Gasteiger charge is 2.37. The first kappa shape index (κ1) is 27.9. The zero-order valence-corrected chi connectivity index (χ0v) is 27.2. The van der Waals surface area contributed by atoms with E-state index in [-0.39, 0.29) is 0 Å². The summed E-state index contributed by atoms with van der Waals surface area (Å²) in [5, 5.41) is 8.64. The van der Waals surface area contributed by atoms with E-state index in [0.717, 1.165) is 44.6 Å². The third-order valence-corrected chi connectivity index (χ3v) is 13.9. The van der Waals surface area contributed by atoms with E-state index in [0.29, 0.717) is 0 Å². The van der Waals surface area contributed by atoms with Crippen molar-refractivity contribution >= 4 is 73.2 Å². The second kappa shape index (κ2) is 11.1. The van der Waals surface area contributed by atoms with Gasteiger partial charge in [-0.1, -0.05) is 121 Å². The first-order chi connectivity index (χ1) is 23.2. The van der Waals surface area contributed by atoms with E-state index in [1.54, 1.807) is 0 Å². The van der Waals surface area contributed by atoms with Gasteiger partial charge in [-0.2, -0.15) is 0 Å². The smallest absolute Gasteiger partial charge is 0.0994 e. The number of hydrogen-bond donors (Lipinski definition) is 1. The van der Waals surface area contributed by atoms with Crippen LogP contribution in [0.1, 0.15) is 0 Å². The number of rotatable bonds is 4. The lowest BCUT2D eigenvalue weighted by Gasteiger charge is -2.37. The first-order valence-electron chi connectivity index (χ1n) is 15.8.